The average Bonchev–Trinajstić information content (AvgIpc) is 3.00. The molecule has 11 N–H and O–H groups in total. The Labute approximate surface area is 275 Å². The van der Waals surface area contributed by atoms with Crippen molar-refractivity contribution in [3.05, 3.63) is 35.9 Å². The van der Waals surface area contributed by atoms with Crippen molar-refractivity contribution in [2.45, 2.75) is 109 Å². The summed E-state index contributed by atoms with van der Waals surface area (Å²) in [7, 11) is 0. The van der Waals surface area contributed by atoms with Gasteiger partial charge in [0.2, 0.25) is 17.7 Å². The fraction of sp³-hybridized carbons (Fsp3) is 0.656. The van der Waals surface area contributed by atoms with E-state index in [0.29, 0.717) is 5.56 Å². The van der Waals surface area contributed by atoms with Crippen LogP contribution in [0.5, 0.6) is 0 Å². The second-order valence-corrected chi connectivity index (χ2v) is 12.9. The summed E-state index contributed by atoms with van der Waals surface area (Å²) in [6.45, 7) is 9.91. The molecule has 8 atom stereocenters. The van der Waals surface area contributed by atoms with Gasteiger partial charge in [0.1, 0.15) is 24.3 Å². The summed E-state index contributed by atoms with van der Waals surface area (Å²) in [6, 6.07) is 2.34. The second kappa shape index (κ2) is 19.9. The lowest BCUT2D eigenvalue weighted by Crippen LogP contribution is -2.60. The van der Waals surface area contributed by atoms with E-state index in [9.17, 15) is 49.5 Å². The Balaban J connectivity index is 3.07. The van der Waals surface area contributed by atoms with Crippen molar-refractivity contribution in [3.63, 3.8) is 0 Å². The molecule has 0 bridgehead atoms. The highest BCUT2D eigenvalue weighted by molar-refractivity contribution is 5.93. The third-order valence-corrected chi connectivity index (χ3v) is 7.48. The first-order chi connectivity index (χ1) is 21.9. The van der Waals surface area contributed by atoms with Crippen LogP contribution in [0.1, 0.15) is 72.4 Å². The number of carbonyl (C=O) groups is 5. The monoisotopic (exact) mass is 667 g/mol. The molecule has 0 fully saturated rings. The number of nitrogens with one attached hydrogen (secondary N) is 4. The first-order valence-electron chi connectivity index (χ1n) is 15.8. The fourth-order valence-corrected chi connectivity index (χ4v) is 4.72. The molecule has 0 aromatic heterocycles. The molecular formula is C32H53N5O10. The highest BCUT2D eigenvalue weighted by Gasteiger charge is 2.38. The van der Waals surface area contributed by atoms with E-state index in [1.165, 1.54) is 0 Å². The van der Waals surface area contributed by atoms with Crippen molar-refractivity contribution >= 4 is 29.6 Å². The third-order valence-electron chi connectivity index (χ3n) is 7.48. The van der Waals surface area contributed by atoms with Crippen molar-refractivity contribution < 1.29 is 49.5 Å². The molecule has 0 radical (unpaired) electrons. The van der Waals surface area contributed by atoms with E-state index in [1.54, 1.807) is 58.0 Å². The standard InChI is InChI=1S/C32H53N5O10/c1-16(2)12-21(35-29(44)22(13-17(3)4)36-31(46)25(33)18(5)6)30(45)37-23(15-38)26(41)27(42)28(43)32(47)34-20(14-24(39)40)19-10-8-7-9-11-19/h7-11,16-18,20-23,25-28,38,41-43H,12-15,33H2,1-6H3,(H,34,47)(H,35,44)(H,36,46)(H,37,45)(H,39,40)/t20-,21-,22-,23-,25-,26+,27+,28-/m0/s1. The molecule has 15 nitrogen and oxygen atoms in total. The van der Waals surface area contributed by atoms with Gasteiger partial charge in [0.15, 0.2) is 6.10 Å². The maximum absolute atomic E-state index is 13.3. The zero-order valence-electron chi connectivity index (χ0n) is 27.9. The highest BCUT2D eigenvalue weighted by atomic mass is 16.4. The normalized spacial score (nSPS) is 16.7. The third kappa shape index (κ3) is 13.9. The molecule has 15 heteroatoms. The molecule has 0 spiro atoms. The van der Waals surface area contributed by atoms with Crippen LogP contribution in [0.2, 0.25) is 0 Å². The van der Waals surface area contributed by atoms with Crippen LogP contribution in [0.3, 0.4) is 0 Å². The minimum atomic E-state index is -2.28. The quantitative estimate of drug-likeness (QED) is 0.0800. The Morgan fingerprint density at radius 1 is 0.702 bits per heavy atom. The van der Waals surface area contributed by atoms with Crippen LogP contribution in [0.25, 0.3) is 0 Å². The van der Waals surface area contributed by atoms with Crippen LogP contribution < -0.4 is 27.0 Å². The van der Waals surface area contributed by atoms with Gasteiger partial charge in [0.25, 0.3) is 5.91 Å². The Hall–Kier alpha value is -3.63. The number of carbonyl (C=O) groups excluding carboxylic acids is 4. The van der Waals surface area contributed by atoms with Gasteiger partial charge in [-0.2, -0.15) is 0 Å². The highest BCUT2D eigenvalue weighted by Crippen LogP contribution is 2.18. The van der Waals surface area contributed by atoms with Crippen molar-refractivity contribution in [2.24, 2.45) is 23.5 Å². The summed E-state index contributed by atoms with van der Waals surface area (Å²) in [5.74, 6) is -4.76. The van der Waals surface area contributed by atoms with Gasteiger partial charge in [-0.3, -0.25) is 24.0 Å². The van der Waals surface area contributed by atoms with E-state index in [0.717, 1.165) is 0 Å². The van der Waals surface area contributed by atoms with Crippen LogP contribution >= 0.6 is 0 Å². The second-order valence-electron chi connectivity index (χ2n) is 12.9. The number of hydrogen-bond acceptors (Lipinski definition) is 10. The Bertz CT molecular complexity index is 1170. The molecule has 0 saturated carbocycles. The van der Waals surface area contributed by atoms with Crippen molar-refractivity contribution in [1.29, 1.82) is 0 Å². The predicted octanol–water partition coefficient (Wildman–Crippen LogP) is -1.08. The van der Waals surface area contributed by atoms with E-state index in [1.807, 2.05) is 13.8 Å². The minimum absolute atomic E-state index is 0.00942. The predicted molar refractivity (Wildman–Crippen MR) is 172 cm³/mol. The number of aliphatic carboxylic acids is 1. The van der Waals surface area contributed by atoms with Gasteiger partial charge in [-0.05, 0) is 36.2 Å². The lowest BCUT2D eigenvalue weighted by molar-refractivity contribution is -0.145. The molecule has 4 amide bonds. The van der Waals surface area contributed by atoms with Gasteiger partial charge < -0.3 is 52.5 Å². The fourth-order valence-electron chi connectivity index (χ4n) is 4.72. The Morgan fingerprint density at radius 2 is 1.19 bits per heavy atom. The average molecular weight is 668 g/mol. The molecule has 0 saturated heterocycles. The zero-order valence-corrected chi connectivity index (χ0v) is 27.9. The summed E-state index contributed by atoms with van der Waals surface area (Å²) in [4.78, 5) is 63.4. The first kappa shape index (κ1) is 41.4. The molecule has 1 rings (SSSR count). The number of rotatable bonds is 20. The molecule has 0 unspecified atom stereocenters. The van der Waals surface area contributed by atoms with Gasteiger partial charge in [-0.1, -0.05) is 71.9 Å². The lowest BCUT2D eigenvalue weighted by Gasteiger charge is -2.31. The number of hydrogen-bond donors (Lipinski definition) is 10. The number of nitrogens with two attached hydrogens (primary N) is 1. The number of carboxylic acid groups (broad SMARTS) is 1. The minimum Gasteiger partial charge on any atom is -0.481 e. The molecule has 266 valence electrons. The molecule has 0 aliphatic carbocycles. The number of aliphatic hydroxyl groups is 4. The van der Waals surface area contributed by atoms with Gasteiger partial charge in [0.05, 0.1) is 31.2 Å². The summed E-state index contributed by atoms with van der Waals surface area (Å²) < 4.78 is 0. The molecular weight excluding hydrogens is 614 g/mol. The number of amides is 4. The van der Waals surface area contributed by atoms with Crippen LogP contribution in [0, 0.1) is 17.8 Å². The summed E-state index contributed by atoms with van der Waals surface area (Å²) in [6.07, 6.45) is -6.73. The van der Waals surface area contributed by atoms with E-state index < -0.39 is 91.1 Å². The summed E-state index contributed by atoms with van der Waals surface area (Å²) in [5.41, 5.74) is 6.36. The SMILES string of the molecule is CC(C)C[C@H](NC(=O)[C@H](CC(C)C)NC(=O)[C@@H](N)C(C)C)C(=O)N[C@@H](CO)[C@@H](O)[C@@H](O)[C@H](O)C(=O)N[C@@H](CC(=O)O)c1ccccc1. The molecule has 1 aromatic carbocycles. The number of carboxylic acids is 1. The van der Waals surface area contributed by atoms with Gasteiger partial charge in [-0.15, -0.1) is 0 Å². The lowest BCUT2D eigenvalue weighted by atomic mass is 9.97. The van der Waals surface area contributed by atoms with E-state index in [2.05, 4.69) is 21.3 Å². The van der Waals surface area contributed by atoms with E-state index in [-0.39, 0.29) is 30.6 Å². The van der Waals surface area contributed by atoms with Crippen LogP contribution in [0.4, 0.5) is 0 Å². The van der Waals surface area contributed by atoms with Gasteiger partial charge in [0, 0.05) is 0 Å². The first-order valence-corrected chi connectivity index (χ1v) is 15.8. The number of benzene rings is 1. The van der Waals surface area contributed by atoms with Crippen LogP contribution in [-0.2, 0) is 24.0 Å². The molecule has 0 heterocycles. The maximum Gasteiger partial charge on any atom is 0.305 e. The summed E-state index contributed by atoms with van der Waals surface area (Å²) in [5, 5.41) is 61.1. The van der Waals surface area contributed by atoms with Gasteiger partial charge in [-0.25, -0.2) is 0 Å². The summed E-state index contributed by atoms with van der Waals surface area (Å²) >= 11 is 0. The largest absolute Gasteiger partial charge is 0.481 e. The Kier molecular flexibility index (Phi) is 17.5. The molecule has 1 aromatic rings. The van der Waals surface area contributed by atoms with Crippen LogP contribution in [0.15, 0.2) is 30.3 Å². The smallest absolute Gasteiger partial charge is 0.305 e. The van der Waals surface area contributed by atoms with Crippen molar-refractivity contribution in [1.82, 2.24) is 21.3 Å². The molecule has 0 aliphatic heterocycles. The maximum atomic E-state index is 13.3. The number of aliphatic hydroxyl groups excluding tert-OH is 4. The van der Waals surface area contributed by atoms with Crippen molar-refractivity contribution in [3.8, 4) is 0 Å². The molecule has 47 heavy (non-hydrogen) atoms. The van der Waals surface area contributed by atoms with Crippen LogP contribution in [-0.4, -0.2) is 104 Å². The van der Waals surface area contributed by atoms with Crippen molar-refractivity contribution in [2.75, 3.05) is 6.61 Å². The van der Waals surface area contributed by atoms with E-state index in [4.69, 9.17) is 5.73 Å². The molecule has 0 aliphatic rings. The van der Waals surface area contributed by atoms with E-state index >= 15 is 0 Å². The zero-order chi connectivity index (χ0) is 36.0. The topological polar surface area (TPSA) is 261 Å². The van der Waals surface area contributed by atoms with Gasteiger partial charge >= 0.3 is 5.97 Å². The Morgan fingerprint density at radius 3 is 1.64 bits per heavy atom.